The van der Waals surface area contributed by atoms with E-state index in [1.165, 1.54) is 18.2 Å². The molecule has 0 saturated carbocycles. The van der Waals surface area contributed by atoms with E-state index in [-0.39, 0.29) is 39.8 Å². The zero-order valence-electron chi connectivity index (χ0n) is 16.1. The highest BCUT2D eigenvalue weighted by Gasteiger charge is 2.34. The number of ketones is 1. The van der Waals surface area contributed by atoms with Gasteiger partial charge in [-0.3, -0.25) is 4.79 Å². The molecule has 0 bridgehead atoms. The second-order valence-electron chi connectivity index (χ2n) is 6.93. The lowest BCUT2D eigenvalue weighted by molar-refractivity contribution is -0.136. The Morgan fingerprint density at radius 1 is 1.06 bits per heavy atom. The molecule has 6 nitrogen and oxygen atoms in total. The standard InChI is InChI=1S/C22H12F3NO5S/c23-22(24,25)14-7-20(26-15-8-19-18(6-12(14)15)29-10-30-19)32-9-16(27)13-5-11-3-1-2-4-17(11)31-21(13)28/h1-8H,9-10H2. The van der Waals surface area contributed by atoms with Gasteiger partial charge >= 0.3 is 11.8 Å². The lowest BCUT2D eigenvalue weighted by atomic mass is 10.1. The summed E-state index contributed by atoms with van der Waals surface area (Å²) in [5, 5.41) is 0.425. The van der Waals surface area contributed by atoms with Gasteiger partial charge in [0, 0.05) is 16.8 Å². The molecular formula is C22H12F3NO5S. The molecule has 0 spiro atoms. The summed E-state index contributed by atoms with van der Waals surface area (Å²) < 4.78 is 56.6. The van der Waals surface area contributed by atoms with E-state index in [1.54, 1.807) is 24.3 Å². The highest BCUT2D eigenvalue weighted by Crippen LogP contribution is 2.42. The molecule has 0 aliphatic carbocycles. The maximum absolute atomic E-state index is 13.7. The number of carbonyl (C=O) groups excluding carboxylic acids is 1. The molecule has 0 radical (unpaired) electrons. The van der Waals surface area contributed by atoms with Crippen molar-refractivity contribution >= 4 is 39.4 Å². The van der Waals surface area contributed by atoms with Gasteiger partial charge < -0.3 is 13.9 Å². The van der Waals surface area contributed by atoms with Gasteiger partial charge in [-0.1, -0.05) is 30.0 Å². The molecule has 0 fully saturated rings. The fraction of sp³-hybridized carbons (Fsp3) is 0.136. The van der Waals surface area contributed by atoms with Gasteiger partial charge in [-0.15, -0.1) is 0 Å². The van der Waals surface area contributed by atoms with Crippen LogP contribution in [0.25, 0.3) is 21.9 Å². The number of thioether (sulfide) groups is 1. The number of hydrogen-bond donors (Lipinski definition) is 0. The minimum Gasteiger partial charge on any atom is -0.454 e. The van der Waals surface area contributed by atoms with E-state index in [4.69, 9.17) is 13.9 Å². The average molecular weight is 459 g/mol. The second kappa shape index (κ2) is 7.56. The van der Waals surface area contributed by atoms with Gasteiger partial charge in [0.1, 0.15) is 11.1 Å². The van der Waals surface area contributed by atoms with Crippen LogP contribution in [0.1, 0.15) is 15.9 Å². The van der Waals surface area contributed by atoms with Crippen LogP contribution in [0.5, 0.6) is 11.5 Å². The van der Waals surface area contributed by atoms with Crippen LogP contribution in [-0.4, -0.2) is 23.3 Å². The number of nitrogens with zero attached hydrogens (tertiary/aromatic N) is 1. The number of Topliss-reactive ketones (excluding diaryl/α,β-unsaturated/α-hetero) is 1. The third kappa shape index (κ3) is 3.66. The van der Waals surface area contributed by atoms with Gasteiger partial charge in [-0.25, -0.2) is 9.78 Å². The molecule has 3 heterocycles. The van der Waals surface area contributed by atoms with E-state index >= 15 is 0 Å². The molecule has 2 aromatic heterocycles. The number of fused-ring (bicyclic) bond motifs is 3. The van der Waals surface area contributed by atoms with E-state index in [9.17, 15) is 22.8 Å². The molecular weight excluding hydrogens is 447 g/mol. The number of carbonyl (C=O) groups is 1. The highest BCUT2D eigenvalue weighted by atomic mass is 32.2. The summed E-state index contributed by atoms with van der Waals surface area (Å²) in [4.78, 5) is 29.0. The van der Waals surface area contributed by atoms with E-state index in [0.717, 1.165) is 17.8 Å². The fourth-order valence-electron chi connectivity index (χ4n) is 3.37. The van der Waals surface area contributed by atoms with E-state index < -0.39 is 23.1 Å². The smallest absolute Gasteiger partial charge is 0.417 e. The first-order valence-electron chi connectivity index (χ1n) is 9.30. The van der Waals surface area contributed by atoms with E-state index in [1.807, 2.05) is 0 Å². The van der Waals surface area contributed by atoms with Gasteiger partial charge in [0.05, 0.1) is 21.9 Å². The summed E-state index contributed by atoms with van der Waals surface area (Å²) in [6.45, 7) is -0.0859. The van der Waals surface area contributed by atoms with Crippen molar-refractivity contribution in [1.29, 1.82) is 0 Å². The number of ether oxygens (including phenoxy) is 2. The Labute approximate surface area is 182 Å². The Bertz CT molecular complexity index is 1450. The molecule has 2 aromatic carbocycles. The molecule has 162 valence electrons. The van der Waals surface area contributed by atoms with Crippen molar-refractivity contribution in [2.75, 3.05) is 12.5 Å². The van der Waals surface area contributed by atoms with Crippen LogP contribution >= 0.6 is 11.8 Å². The van der Waals surface area contributed by atoms with Crippen molar-refractivity contribution in [3.05, 3.63) is 70.1 Å². The summed E-state index contributed by atoms with van der Waals surface area (Å²) in [6.07, 6.45) is -4.65. The predicted molar refractivity (Wildman–Crippen MR) is 110 cm³/mol. The van der Waals surface area contributed by atoms with Crippen LogP contribution in [0.3, 0.4) is 0 Å². The Kier molecular flexibility index (Phi) is 4.81. The lowest BCUT2D eigenvalue weighted by Gasteiger charge is -2.13. The van der Waals surface area contributed by atoms with Gasteiger partial charge in [0.15, 0.2) is 17.3 Å². The third-order valence-electron chi connectivity index (χ3n) is 4.88. The summed E-state index contributed by atoms with van der Waals surface area (Å²) in [5.74, 6) is -0.354. The van der Waals surface area contributed by atoms with Crippen LogP contribution in [0.2, 0.25) is 0 Å². The zero-order valence-corrected chi connectivity index (χ0v) is 16.9. The van der Waals surface area contributed by atoms with Gasteiger partial charge in [0.2, 0.25) is 6.79 Å². The van der Waals surface area contributed by atoms with Crippen molar-refractivity contribution in [2.45, 2.75) is 11.2 Å². The summed E-state index contributed by atoms with van der Waals surface area (Å²) in [6, 6.07) is 11.6. The third-order valence-corrected chi connectivity index (χ3v) is 5.79. The van der Waals surface area contributed by atoms with Gasteiger partial charge in [-0.2, -0.15) is 13.2 Å². The SMILES string of the molecule is O=C(CSc1cc(C(F)(F)F)c2cc3c(cc2n1)OCO3)c1cc2ccccc2oc1=O. The van der Waals surface area contributed by atoms with Crippen molar-refractivity contribution in [3.63, 3.8) is 0 Å². The molecule has 1 aliphatic heterocycles. The number of aromatic nitrogens is 1. The van der Waals surface area contributed by atoms with Crippen molar-refractivity contribution < 1.29 is 31.9 Å². The second-order valence-corrected chi connectivity index (χ2v) is 7.92. The monoisotopic (exact) mass is 459 g/mol. The maximum atomic E-state index is 13.7. The van der Waals surface area contributed by atoms with Gasteiger partial charge in [0.25, 0.3) is 0 Å². The predicted octanol–water partition coefficient (Wildman–Crippen LogP) is 5.06. The van der Waals surface area contributed by atoms with Crippen LogP contribution in [0, 0.1) is 0 Å². The molecule has 0 saturated heterocycles. The molecule has 1 aliphatic rings. The number of hydrogen-bond acceptors (Lipinski definition) is 7. The fourth-order valence-corrected chi connectivity index (χ4v) is 4.17. The molecule has 32 heavy (non-hydrogen) atoms. The summed E-state index contributed by atoms with van der Waals surface area (Å²) >= 11 is 0.803. The first kappa shape index (κ1) is 20.4. The minimum absolute atomic E-state index is 0.0118. The zero-order chi connectivity index (χ0) is 22.5. The number of alkyl halides is 3. The number of pyridine rings is 1. The van der Waals surface area contributed by atoms with Crippen LogP contribution in [-0.2, 0) is 6.18 Å². The number of rotatable bonds is 4. The average Bonchev–Trinajstić information content (AvgIpc) is 3.21. The topological polar surface area (TPSA) is 78.6 Å². The number of benzene rings is 2. The largest absolute Gasteiger partial charge is 0.454 e. The van der Waals surface area contributed by atoms with E-state index in [0.29, 0.717) is 16.7 Å². The van der Waals surface area contributed by atoms with Crippen LogP contribution < -0.4 is 15.1 Å². The quantitative estimate of drug-likeness (QED) is 0.240. The summed E-state index contributed by atoms with van der Waals surface area (Å²) in [5.41, 5.74) is -1.47. The summed E-state index contributed by atoms with van der Waals surface area (Å²) in [7, 11) is 0. The first-order chi connectivity index (χ1) is 15.3. The normalized spacial score (nSPS) is 13.1. The van der Waals surface area contributed by atoms with Crippen molar-refractivity contribution in [1.82, 2.24) is 4.98 Å². The van der Waals surface area contributed by atoms with Crippen LogP contribution in [0.15, 0.2) is 62.8 Å². The molecule has 5 rings (SSSR count). The molecule has 0 amide bonds. The Hall–Kier alpha value is -3.53. The number of halogens is 3. The molecule has 10 heteroatoms. The Morgan fingerprint density at radius 3 is 2.59 bits per heavy atom. The maximum Gasteiger partial charge on any atom is 0.417 e. The van der Waals surface area contributed by atoms with E-state index in [2.05, 4.69) is 4.98 Å². The Morgan fingerprint density at radius 2 is 1.81 bits per heavy atom. The first-order valence-corrected chi connectivity index (χ1v) is 10.3. The lowest BCUT2D eigenvalue weighted by Crippen LogP contribution is -2.15. The molecule has 4 aromatic rings. The highest BCUT2D eigenvalue weighted by molar-refractivity contribution is 7.99. The number of para-hydroxylation sites is 1. The van der Waals surface area contributed by atoms with Gasteiger partial charge in [-0.05, 0) is 24.3 Å². The molecule has 0 atom stereocenters. The molecule has 0 unspecified atom stereocenters. The van der Waals surface area contributed by atoms with Crippen LogP contribution in [0.4, 0.5) is 13.2 Å². The van der Waals surface area contributed by atoms with Crippen molar-refractivity contribution in [3.8, 4) is 11.5 Å². The van der Waals surface area contributed by atoms with Crippen molar-refractivity contribution in [2.24, 2.45) is 0 Å². The molecule has 0 N–H and O–H groups in total. The minimum atomic E-state index is -4.65. The Balaban J connectivity index is 1.48.